The highest BCUT2D eigenvalue weighted by atomic mass is 79.9. The number of hydrogen-bond donors (Lipinski definition) is 1. The molecule has 0 atom stereocenters. The van der Waals surface area contributed by atoms with Crippen LogP contribution in [0.15, 0.2) is 59.3 Å². The molecule has 3 rings (SSSR count). The van der Waals surface area contributed by atoms with Crippen molar-refractivity contribution in [2.45, 2.75) is 6.54 Å². The van der Waals surface area contributed by atoms with E-state index in [1.165, 1.54) is 0 Å². The lowest BCUT2D eigenvalue weighted by Crippen LogP contribution is -2.12. The number of anilines is 1. The number of halogens is 3. The molecule has 1 N–H and O–H groups in total. The van der Waals surface area contributed by atoms with E-state index in [0.717, 1.165) is 10.0 Å². The zero-order valence-electron chi connectivity index (χ0n) is 12.3. The largest absolute Gasteiger partial charge is 0.321 e. The van der Waals surface area contributed by atoms with Gasteiger partial charge in [-0.15, -0.1) is 0 Å². The first-order valence-corrected chi connectivity index (χ1v) is 8.59. The summed E-state index contributed by atoms with van der Waals surface area (Å²) in [6.07, 6.45) is 3.62. The first-order valence-electron chi connectivity index (χ1n) is 7.04. The number of rotatable bonds is 4. The van der Waals surface area contributed by atoms with Gasteiger partial charge in [0.05, 0.1) is 27.9 Å². The van der Waals surface area contributed by atoms with Crippen LogP contribution in [-0.4, -0.2) is 15.7 Å². The molecule has 122 valence electrons. The Kier molecular flexibility index (Phi) is 5.23. The molecule has 0 saturated heterocycles. The number of carbonyl (C=O) groups is 1. The monoisotopic (exact) mass is 423 g/mol. The van der Waals surface area contributed by atoms with Gasteiger partial charge < -0.3 is 5.32 Å². The van der Waals surface area contributed by atoms with Crippen molar-refractivity contribution in [1.82, 2.24) is 9.78 Å². The van der Waals surface area contributed by atoms with Gasteiger partial charge in [0.25, 0.3) is 5.91 Å². The fourth-order valence-corrected chi connectivity index (χ4v) is 2.83. The van der Waals surface area contributed by atoms with Crippen LogP contribution in [0, 0.1) is 0 Å². The van der Waals surface area contributed by atoms with Crippen LogP contribution in [0.5, 0.6) is 0 Å². The van der Waals surface area contributed by atoms with E-state index in [0.29, 0.717) is 27.8 Å². The number of benzene rings is 2. The Bertz CT molecular complexity index is 878. The van der Waals surface area contributed by atoms with Crippen molar-refractivity contribution in [1.29, 1.82) is 0 Å². The molecule has 0 radical (unpaired) electrons. The van der Waals surface area contributed by atoms with Crippen LogP contribution < -0.4 is 5.32 Å². The lowest BCUT2D eigenvalue weighted by Gasteiger charge is -2.08. The predicted molar refractivity (Wildman–Crippen MR) is 99.9 cm³/mol. The summed E-state index contributed by atoms with van der Waals surface area (Å²) in [5, 5.41) is 7.91. The molecule has 0 fully saturated rings. The standard InChI is InChI=1S/C17H12BrCl2N3O/c18-13-8-21-23(10-13)9-11-1-3-12(4-2-11)17(24)22-16-7-14(19)5-6-15(16)20/h1-8,10H,9H2,(H,22,24). The Morgan fingerprint density at radius 2 is 1.92 bits per heavy atom. The SMILES string of the molecule is O=C(Nc1cc(Cl)ccc1Cl)c1ccc(Cn2cc(Br)cn2)cc1. The van der Waals surface area contributed by atoms with Gasteiger partial charge in [-0.25, -0.2) is 0 Å². The quantitative estimate of drug-likeness (QED) is 0.621. The van der Waals surface area contributed by atoms with Crippen molar-refractivity contribution in [3.63, 3.8) is 0 Å². The van der Waals surface area contributed by atoms with E-state index in [9.17, 15) is 4.79 Å². The van der Waals surface area contributed by atoms with Crippen LogP contribution in [0.2, 0.25) is 10.0 Å². The Labute approximate surface area is 157 Å². The molecule has 0 aliphatic heterocycles. The molecule has 4 nitrogen and oxygen atoms in total. The van der Waals surface area contributed by atoms with Crippen molar-refractivity contribution in [2.75, 3.05) is 5.32 Å². The summed E-state index contributed by atoms with van der Waals surface area (Å²) in [5.41, 5.74) is 2.07. The average molecular weight is 425 g/mol. The second-order valence-corrected chi connectivity index (χ2v) is 6.89. The molecule has 0 unspecified atom stereocenters. The molecule has 0 bridgehead atoms. The van der Waals surface area contributed by atoms with Crippen LogP contribution in [0.4, 0.5) is 5.69 Å². The van der Waals surface area contributed by atoms with Gasteiger partial charge in [-0.1, -0.05) is 35.3 Å². The van der Waals surface area contributed by atoms with Crippen molar-refractivity contribution in [3.05, 3.63) is 80.5 Å². The Balaban J connectivity index is 1.70. The molecule has 24 heavy (non-hydrogen) atoms. The zero-order chi connectivity index (χ0) is 17.1. The number of nitrogens with zero attached hydrogens (tertiary/aromatic N) is 2. The van der Waals surface area contributed by atoms with E-state index < -0.39 is 0 Å². The summed E-state index contributed by atoms with van der Waals surface area (Å²) in [6, 6.07) is 12.2. The highest BCUT2D eigenvalue weighted by Crippen LogP contribution is 2.26. The maximum atomic E-state index is 12.3. The molecule has 7 heteroatoms. The molecule has 1 amide bonds. The minimum Gasteiger partial charge on any atom is -0.321 e. The van der Waals surface area contributed by atoms with E-state index in [4.69, 9.17) is 23.2 Å². The van der Waals surface area contributed by atoms with Gasteiger partial charge in [0.1, 0.15) is 0 Å². The maximum absolute atomic E-state index is 12.3. The fourth-order valence-electron chi connectivity index (χ4n) is 2.16. The van der Waals surface area contributed by atoms with E-state index in [1.54, 1.807) is 36.5 Å². The first-order chi connectivity index (χ1) is 11.5. The molecule has 1 heterocycles. The second-order valence-electron chi connectivity index (χ2n) is 5.13. The van der Waals surface area contributed by atoms with Crippen LogP contribution in [0.3, 0.4) is 0 Å². The summed E-state index contributed by atoms with van der Waals surface area (Å²) in [7, 11) is 0. The first kappa shape index (κ1) is 17.0. The van der Waals surface area contributed by atoms with Gasteiger partial charge in [-0.3, -0.25) is 9.48 Å². The number of aromatic nitrogens is 2. The third-order valence-electron chi connectivity index (χ3n) is 3.34. The topological polar surface area (TPSA) is 46.9 Å². The number of carbonyl (C=O) groups excluding carboxylic acids is 1. The Morgan fingerprint density at radius 3 is 2.58 bits per heavy atom. The third kappa shape index (κ3) is 4.17. The molecular formula is C17H12BrCl2N3O. The normalized spacial score (nSPS) is 10.6. The highest BCUT2D eigenvalue weighted by molar-refractivity contribution is 9.10. The van der Waals surface area contributed by atoms with E-state index in [1.807, 2.05) is 23.0 Å². The summed E-state index contributed by atoms with van der Waals surface area (Å²) >= 11 is 15.3. The minimum absolute atomic E-state index is 0.243. The second kappa shape index (κ2) is 7.38. The molecule has 2 aromatic carbocycles. The van der Waals surface area contributed by atoms with Gasteiger partial charge in [-0.2, -0.15) is 5.10 Å². The summed E-state index contributed by atoms with van der Waals surface area (Å²) in [5.74, 6) is -0.243. The van der Waals surface area contributed by atoms with Crippen molar-refractivity contribution in [3.8, 4) is 0 Å². The summed E-state index contributed by atoms with van der Waals surface area (Å²) in [6.45, 7) is 0.633. The lowest BCUT2D eigenvalue weighted by molar-refractivity contribution is 0.102. The molecule has 0 aliphatic carbocycles. The summed E-state index contributed by atoms with van der Waals surface area (Å²) < 4.78 is 2.74. The van der Waals surface area contributed by atoms with E-state index in [-0.39, 0.29) is 5.91 Å². The molecule has 0 spiro atoms. The zero-order valence-corrected chi connectivity index (χ0v) is 15.4. The van der Waals surface area contributed by atoms with Gasteiger partial charge in [0.2, 0.25) is 0 Å². The van der Waals surface area contributed by atoms with Gasteiger partial charge >= 0.3 is 0 Å². The van der Waals surface area contributed by atoms with Crippen molar-refractivity contribution in [2.24, 2.45) is 0 Å². The fraction of sp³-hybridized carbons (Fsp3) is 0.0588. The molecule has 3 aromatic rings. The van der Waals surface area contributed by atoms with Crippen LogP contribution >= 0.6 is 39.1 Å². The Hall–Kier alpha value is -1.82. The van der Waals surface area contributed by atoms with Crippen molar-refractivity contribution < 1.29 is 4.79 Å². The van der Waals surface area contributed by atoms with Crippen molar-refractivity contribution >= 4 is 50.7 Å². The molecule has 1 aromatic heterocycles. The predicted octanol–water partition coefficient (Wildman–Crippen LogP) is 5.25. The average Bonchev–Trinajstić information content (AvgIpc) is 2.96. The van der Waals surface area contributed by atoms with E-state index >= 15 is 0 Å². The maximum Gasteiger partial charge on any atom is 0.255 e. The lowest BCUT2D eigenvalue weighted by atomic mass is 10.1. The van der Waals surface area contributed by atoms with Gasteiger partial charge in [0, 0.05) is 16.8 Å². The third-order valence-corrected chi connectivity index (χ3v) is 4.31. The Morgan fingerprint density at radius 1 is 1.17 bits per heavy atom. The number of hydrogen-bond acceptors (Lipinski definition) is 2. The van der Waals surface area contributed by atoms with E-state index in [2.05, 4.69) is 26.3 Å². The number of nitrogens with one attached hydrogen (secondary N) is 1. The van der Waals surface area contributed by atoms with Crippen LogP contribution in [0.25, 0.3) is 0 Å². The molecular weight excluding hydrogens is 413 g/mol. The van der Waals surface area contributed by atoms with Crippen LogP contribution in [0.1, 0.15) is 15.9 Å². The van der Waals surface area contributed by atoms with Gasteiger partial charge in [0.15, 0.2) is 0 Å². The number of amides is 1. The highest BCUT2D eigenvalue weighted by Gasteiger charge is 2.09. The van der Waals surface area contributed by atoms with Gasteiger partial charge in [-0.05, 0) is 51.8 Å². The smallest absolute Gasteiger partial charge is 0.255 e. The molecule has 0 saturated carbocycles. The van der Waals surface area contributed by atoms with Crippen LogP contribution in [-0.2, 0) is 6.54 Å². The summed E-state index contributed by atoms with van der Waals surface area (Å²) in [4.78, 5) is 12.3. The molecule has 0 aliphatic rings. The minimum atomic E-state index is -0.243.